The number of nitrogens with zero attached hydrogens (tertiary/aromatic N) is 5. The lowest BCUT2D eigenvalue weighted by molar-refractivity contribution is 0.116. The van der Waals surface area contributed by atoms with Crippen molar-refractivity contribution < 1.29 is 9.59 Å². The zero-order valence-corrected chi connectivity index (χ0v) is 28.0. The third-order valence-corrected chi connectivity index (χ3v) is 9.42. The van der Waals surface area contributed by atoms with Gasteiger partial charge in [0.05, 0.1) is 36.0 Å². The molecule has 1 aliphatic heterocycles. The number of hydrogen-bond acceptors (Lipinski definition) is 5. The van der Waals surface area contributed by atoms with Gasteiger partial charge in [0.15, 0.2) is 0 Å². The number of hydrogen-bond donors (Lipinski definition) is 3. The van der Waals surface area contributed by atoms with Gasteiger partial charge in [-0.15, -0.1) is 0 Å². The maximum absolute atomic E-state index is 13.4. The van der Waals surface area contributed by atoms with Crippen molar-refractivity contribution >= 4 is 35.3 Å². The van der Waals surface area contributed by atoms with Gasteiger partial charge in [-0.2, -0.15) is 0 Å². The minimum Gasteiger partial charge on any atom is -0.336 e. The van der Waals surface area contributed by atoms with Gasteiger partial charge in [0.2, 0.25) is 0 Å². The van der Waals surface area contributed by atoms with Crippen LogP contribution in [0.2, 0.25) is 5.02 Å². The van der Waals surface area contributed by atoms with E-state index in [2.05, 4.69) is 44.0 Å². The summed E-state index contributed by atoms with van der Waals surface area (Å²) in [5.41, 5.74) is 5.21. The first-order valence-corrected chi connectivity index (χ1v) is 16.8. The van der Waals surface area contributed by atoms with E-state index in [0.29, 0.717) is 31.2 Å². The number of benzene rings is 1. The molecule has 0 bridgehead atoms. The Morgan fingerprint density at radius 2 is 1.80 bits per heavy atom. The maximum atomic E-state index is 13.4. The van der Waals surface area contributed by atoms with Crippen LogP contribution in [0.1, 0.15) is 93.0 Å². The molecule has 2 atom stereocenters. The predicted molar refractivity (Wildman–Crippen MR) is 181 cm³/mol. The molecule has 3 N–H and O–H groups in total. The molecule has 0 spiro atoms. The zero-order chi connectivity index (χ0) is 32.4. The number of aryl methyl sites for hydroxylation is 1. The van der Waals surface area contributed by atoms with Gasteiger partial charge >= 0.3 is 12.1 Å². The van der Waals surface area contributed by atoms with Crippen molar-refractivity contribution in [2.45, 2.75) is 76.5 Å². The fourth-order valence-corrected chi connectivity index (χ4v) is 7.13. The molecule has 244 valence electrons. The van der Waals surface area contributed by atoms with Gasteiger partial charge in [0.25, 0.3) is 0 Å². The van der Waals surface area contributed by atoms with Gasteiger partial charge < -0.3 is 25.4 Å². The molecule has 2 unspecified atom stereocenters. The van der Waals surface area contributed by atoms with Gasteiger partial charge in [-0.3, -0.25) is 9.88 Å². The highest BCUT2D eigenvalue weighted by molar-refractivity contribution is 6.30. The molecular weight excluding hydrogens is 600 g/mol. The second-order valence-corrected chi connectivity index (χ2v) is 14.2. The molecule has 3 heterocycles. The van der Waals surface area contributed by atoms with Crippen molar-refractivity contribution in [1.82, 2.24) is 40.3 Å². The summed E-state index contributed by atoms with van der Waals surface area (Å²) in [6, 6.07) is 9.36. The molecule has 1 saturated heterocycles. The second-order valence-electron chi connectivity index (χ2n) is 13.7. The topological polar surface area (TPSA) is 107 Å². The van der Waals surface area contributed by atoms with Crippen LogP contribution in [0.4, 0.5) is 9.59 Å². The van der Waals surface area contributed by atoms with Crippen LogP contribution in [0.5, 0.6) is 0 Å². The highest BCUT2D eigenvalue weighted by atomic mass is 35.5. The number of imidazole rings is 1. The van der Waals surface area contributed by atoms with E-state index in [0.717, 1.165) is 46.5 Å². The van der Waals surface area contributed by atoms with Crippen molar-refractivity contribution in [1.29, 1.82) is 0 Å². The zero-order valence-electron chi connectivity index (χ0n) is 27.2. The number of pyridine rings is 1. The fraction of sp³-hybridized carbons (Fsp3) is 0.486. The molecular formula is C35H45ClN8O2. The van der Waals surface area contributed by atoms with E-state index in [4.69, 9.17) is 16.6 Å². The van der Waals surface area contributed by atoms with E-state index in [1.54, 1.807) is 12.5 Å². The Morgan fingerprint density at radius 1 is 1.04 bits per heavy atom. The van der Waals surface area contributed by atoms with Gasteiger partial charge in [0.1, 0.15) is 0 Å². The third-order valence-electron chi connectivity index (χ3n) is 9.19. The number of fused-ring (bicyclic) bond motifs is 2. The molecule has 3 aliphatic rings. The summed E-state index contributed by atoms with van der Waals surface area (Å²) in [7, 11) is 1.93. The Labute approximate surface area is 276 Å². The average Bonchev–Trinajstić information content (AvgIpc) is 3.39. The molecule has 46 heavy (non-hydrogen) atoms. The van der Waals surface area contributed by atoms with E-state index < -0.39 is 11.6 Å². The standard InChI is InChI=1S/C35H45ClN8O2/c1-35(2,3)41-33(45)40-31(29-21-37-22-42(29)4)28-19-23-9-8-14-38-30(23)32(26-13-12-24(36)20-27(26)28)43-15-17-44(18-16-43)34(46)39-25-10-6-5-7-11-25/h8-9,12-14,19-22,25,31-32H,5-7,10-11,15-18H2,1-4H3,(H,39,46)(H2,40,41,45). The minimum absolute atomic E-state index is 0.0423. The average molecular weight is 645 g/mol. The number of rotatable bonds is 5. The molecule has 2 aliphatic carbocycles. The molecule has 10 nitrogen and oxygen atoms in total. The monoisotopic (exact) mass is 644 g/mol. The van der Waals surface area contributed by atoms with Crippen molar-refractivity contribution in [3.63, 3.8) is 0 Å². The first kappa shape index (κ1) is 32.1. The molecule has 1 saturated carbocycles. The summed E-state index contributed by atoms with van der Waals surface area (Å²) in [5, 5.41) is 10.2. The molecule has 11 heteroatoms. The van der Waals surface area contributed by atoms with Crippen LogP contribution in [-0.4, -0.2) is 74.2 Å². The number of aromatic nitrogens is 3. The second kappa shape index (κ2) is 13.5. The van der Waals surface area contributed by atoms with Crippen molar-refractivity contribution in [3.8, 4) is 0 Å². The van der Waals surface area contributed by atoms with Crippen LogP contribution in [0.25, 0.3) is 11.6 Å². The molecule has 2 aromatic heterocycles. The van der Waals surface area contributed by atoms with E-state index >= 15 is 0 Å². The van der Waals surface area contributed by atoms with Crippen molar-refractivity contribution in [2.24, 2.45) is 7.05 Å². The Bertz CT molecular complexity index is 1600. The van der Waals surface area contributed by atoms with Crippen LogP contribution >= 0.6 is 11.6 Å². The first-order valence-electron chi connectivity index (χ1n) is 16.4. The van der Waals surface area contributed by atoms with Crippen molar-refractivity contribution in [2.75, 3.05) is 26.2 Å². The van der Waals surface area contributed by atoms with E-state index in [-0.39, 0.29) is 24.1 Å². The Kier molecular flexibility index (Phi) is 9.38. The summed E-state index contributed by atoms with van der Waals surface area (Å²) in [5.74, 6) is 0. The van der Waals surface area contributed by atoms with E-state index in [1.807, 2.05) is 61.7 Å². The van der Waals surface area contributed by atoms with Crippen LogP contribution in [0, 0.1) is 0 Å². The fourth-order valence-electron chi connectivity index (χ4n) is 6.96. The lowest BCUT2D eigenvalue weighted by atomic mass is 9.89. The Balaban J connectivity index is 1.35. The van der Waals surface area contributed by atoms with Gasteiger partial charge in [-0.1, -0.05) is 43.0 Å². The van der Waals surface area contributed by atoms with Gasteiger partial charge in [0, 0.05) is 56.0 Å². The highest BCUT2D eigenvalue weighted by Crippen LogP contribution is 2.44. The maximum Gasteiger partial charge on any atom is 0.317 e. The number of nitrogens with one attached hydrogen (secondary N) is 3. The molecule has 4 amide bonds. The summed E-state index contributed by atoms with van der Waals surface area (Å²) >= 11 is 6.70. The number of halogens is 1. The Morgan fingerprint density at radius 3 is 2.50 bits per heavy atom. The molecule has 2 fully saturated rings. The third kappa shape index (κ3) is 7.08. The van der Waals surface area contributed by atoms with E-state index in [1.165, 1.54) is 19.3 Å². The van der Waals surface area contributed by atoms with E-state index in [9.17, 15) is 9.59 Å². The van der Waals surface area contributed by atoms with Crippen molar-refractivity contribution in [3.05, 3.63) is 82.2 Å². The number of carbonyl (C=O) groups is 2. The summed E-state index contributed by atoms with van der Waals surface area (Å²) in [6.45, 7) is 8.53. The quantitative estimate of drug-likeness (QED) is 0.320. The van der Waals surface area contributed by atoms with Gasteiger partial charge in [-0.05, 0) is 80.2 Å². The molecule has 1 aromatic carbocycles. The van der Waals surface area contributed by atoms with Crippen LogP contribution in [-0.2, 0) is 7.05 Å². The lowest BCUT2D eigenvalue weighted by Gasteiger charge is -2.40. The minimum atomic E-state index is -0.529. The smallest absolute Gasteiger partial charge is 0.317 e. The SMILES string of the molecule is Cn1cncc1C(NC(=O)NC(C)(C)C)C1=Cc2cccnc2C(N2CCN(C(=O)NC3CCCCC3)CC2)c2ccc(Cl)cc21. The first-order chi connectivity index (χ1) is 22.1. The molecule has 6 rings (SSSR count). The number of piperazine rings is 1. The summed E-state index contributed by atoms with van der Waals surface area (Å²) in [4.78, 5) is 40.3. The predicted octanol–water partition coefficient (Wildman–Crippen LogP) is 5.91. The molecule has 0 radical (unpaired) electrons. The Hall–Kier alpha value is -3.89. The van der Waals surface area contributed by atoms with Crippen LogP contribution in [0.15, 0.2) is 49.1 Å². The highest BCUT2D eigenvalue weighted by Gasteiger charge is 2.36. The summed E-state index contributed by atoms with van der Waals surface area (Å²) in [6.07, 6.45) is 13.3. The normalized spacial score (nSPS) is 19.7. The largest absolute Gasteiger partial charge is 0.336 e. The van der Waals surface area contributed by atoms with Crippen LogP contribution < -0.4 is 16.0 Å². The number of urea groups is 2. The lowest BCUT2D eigenvalue weighted by Crippen LogP contribution is -2.54. The number of carbonyl (C=O) groups excluding carboxylic acids is 2. The summed E-state index contributed by atoms with van der Waals surface area (Å²) < 4.78 is 1.93. The van der Waals surface area contributed by atoms with Crippen LogP contribution in [0.3, 0.4) is 0 Å². The molecule has 3 aromatic rings. The van der Waals surface area contributed by atoms with Gasteiger partial charge in [-0.25, -0.2) is 14.6 Å². The number of amides is 4.